The van der Waals surface area contributed by atoms with Crippen molar-refractivity contribution in [1.29, 1.82) is 0 Å². The van der Waals surface area contributed by atoms with Gasteiger partial charge in [0.1, 0.15) is 5.75 Å². The van der Waals surface area contributed by atoms with Gasteiger partial charge in [-0.25, -0.2) is 0 Å². The summed E-state index contributed by atoms with van der Waals surface area (Å²) in [6.07, 6.45) is 0. The van der Waals surface area contributed by atoms with Crippen LogP contribution in [-0.2, 0) is 0 Å². The van der Waals surface area contributed by atoms with E-state index in [1.54, 1.807) is 12.1 Å². The average Bonchev–Trinajstić information content (AvgIpc) is 2.73. The van der Waals surface area contributed by atoms with Crippen molar-refractivity contribution in [2.45, 2.75) is 6.61 Å². The molecule has 0 aliphatic carbocycles. The molecule has 2 rings (SSSR count). The zero-order chi connectivity index (χ0) is 11.4. The molecule has 1 aromatic rings. The van der Waals surface area contributed by atoms with Crippen LogP contribution < -0.4 is 15.4 Å². The van der Waals surface area contributed by atoms with E-state index in [0.29, 0.717) is 5.96 Å². The number of guanidine groups is 1. The van der Waals surface area contributed by atoms with Crippen LogP contribution in [-0.4, -0.2) is 25.7 Å². The first-order valence-electron chi connectivity index (χ1n) is 4.84. The summed E-state index contributed by atoms with van der Waals surface area (Å²) in [7, 11) is 0. The Morgan fingerprint density at radius 3 is 2.62 bits per heavy atom. The van der Waals surface area contributed by atoms with Crippen LogP contribution in [0.3, 0.4) is 0 Å². The predicted octanol–water partition coefficient (Wildman–Crippen LogP) is 1.66. The fraction of sp³-hybridized carbons (Fsp3) is 0.300. The fourth-order valence-electron chi connectivity index (χ4n) is 1.34. The Balaban J connectivity index is 1.96. The van der Waals surface area contributed by atoms with Crippen molar-refractivity contribution in [2.24, 2.45) is 4.99 Å². The summed E-state index contributed by atoms with van der Waals surface area (Å²) in [6.45, 7) is -1.23. The lowest BCUT2D eigenvalue weighted by Gasteiger charge is -2.08. The number of ether oxygens (including phenoxy) is 1. The fourth-order valence-corrected chi connectivity index (χ4v) is 1.34. The van der Waals surface area contributed by atoms with Gasteiger partial charge in [0, 0.05) is 12.2 Å². The molecule has 0 radical (unpaired) electrons. The van der Waals surface area contributed by atoms with E-state index in [-0.39, 0.29) is 5.75 Å². The summed E-state index contributed by atoms with van der Waals surface area (Å²) < 4.78 is 28.0. The van der Waals surface area contributed by atoms with Gasteiger partial charge in [-0.1, -0.05) is 0 Å². The minimum absolute atomic E-state index is 0.141. The summed E-state index contributed by atoms with van der Waals surface area (Å²) in [5.74, 6) is 0.837. The lowest BCUT2D eigenvalue weighted by Crippen LogP contribution is -2.26. The van der Waals surface area contributed by atoms with E-state index in [1.165, 1.54) is 12.1 Å². The standard InChI is InChI=1S/C10H11F2N3O/c11-9(12)16-8-3-1-7(2-4-8)15-10-13-5-6-14-10/h1-4,9H,5-6H2,(H2,13,14,15). The number of aliphatic imine (C=N–C) groups is 1. The molecule has 1 aliphatic rings. The predicted molar refractivity (Wildman–Crippen MR) is 57.0 cm³/mol. The molecule has 4 nitrogen and oxygen atoms in total. The van der Waals surface area contributed by atoms with Crippen molar-refractivity contribution in [1.82, 2.24) is 5.32 Å². The highest BCUT2D eigenvalue weighted by atomic mass is 19.3. The van der Waals surface area contributed by atoms with Crippen LogP contribution in [0.1, 0.15) is 0 Å². The van der Waals surface area contributed by atoms with Crippen LogP contribution in [0.15, 0.2) is 29.3 Å². The second kappa shape index (κ2) is 4.78. The number of hydrogen-bond acceptors (Lipinski definition) is 4. The van der Waals surface area contributed by atoms with Gasteiger partial charge in [0.2, 0.25) is 0 Å². The number of nitrogens with zero attached hydrogens (tertiary/aromatic N) is 1. The number of halogens is 2. The summed E-state index contributed by atoms with van der Waals surface area (Å²) in [5, 5.41) is 6.06. The highest BCUT2D eigenvalue weighted by Gasteiger charge is 2.06. The van der Waals surface area contributed by atoms with E-state index in [9.17, 15) is 8.78 Å². The second-order valence-corrected chi connectivity index (χ2v) is 3.18. The van der Waals surface area contributed by atoms with Gasteiger partial charge in [-0.2, -0.15) is 8.78 Å². The molecule has 6 heteroatoms. The van der Waals surface area contributed by atoms with Gasteiger partial charge >= 0.3 is 6.61 Å². The van der Waals surface area contributed by atoms with Crippen molar-refractivity contribution >= 4 is 11.6 Å². The molecule has 0 unspecified atom stereocenters. The number of rotatable bonds is 3. The van der Waals surface area contributed by atoms with E-state index < -0.39 is 6.61 Å². The number of alkyl halides is 2. The molecule has 1 aromatic carbocycles. The van der Waals surface area contributed by atoms with Crippen LogP contribution in [0.4, 0.5) is 14.5 Å². The lowest BCUT2D eigenvalue weighted by atomic mass is 10.3. The largest absolute Gasteiger partial charge is 0.435 e. The summed E-state index contributed by atoms with van der Waals surface area (Å²) in [6, 6.07) is 6.26. The normalized spacial score (nSPS) is 14.6. The Morgan fingerprint density at radius 2 is 2.06 bits per heavy atom. The molecule has 0 aromatic heterocycles. The zero-order valence-electron chi connectivity index (χ0n) is 8.41. The number of benzene rings is 1. The van der Waals surface area contributed by atoms with Crippen molar-refractivity contribution in [2.75, 3.05) is 18.4 Å². The molecule has 0 atom stereocenters. The molecule has 0 saturated carbocycles. The number of anilines is 1. The topological polar surface area (TPSA) is 45.6 Å². The Labute approximate surface area is 91.3 Å². The number of nitrogens with one attached hydrogen (secondary N) is 2. The van der Waals surface area contributed by atoms with Gasteiger partial charge in [-0.15, -0.1) is 0 Å². The zero-order valence-corrected chi connectivity index (χ0v) is 8.41. The molecular formula is C10H11F2N3O. The van der Waals surface area contributed by atoms with Gasteiger partial charge < -0.3 is 15.4 Å². The first-order valence-corrected chi connectivity index (χ1v) is 4.84. The van der Waals surface area contributed by atoms with E-state index in [2.05, 4.69) is 20.4 Å². The molecule has 0 spiro atoms. The third-order valence-electron chi connectivity index (χ3n) is 2.02. The maximum atomic E-state index is 11.9. The highest BCUT2D eigenvalue weighted by molar-refractivity contribution is 5.94. The lowest BCUT2D eigenvalue weighted by molar-refractivity contribution is -0.0498. The second-order valence-electron chi connectivity index (χ2n) is 3.18. The minimum atomic E-state index is -2.79. The maximum absolute atomic E-state index is 11.9. The summed E-state index contributed by atoms with van der Waals surface area (Å²) in [4.78, 5) is 4.14. The van der Waals surface area contributed by atoms with E-state index in [0.717, 1.165) is 18.8 Å². The van der Waals surface area contributed by atoms with Crippen LogP contribution >= 0.6 is 0 Å². The molecule has 0 fully saturated rings. The average molecular weight is 227 g/mol. The Morgan fingerprint density at radius 1 is 1.31 bits per heavy atom. The van der Waals surface area contributed by atoms with Gasteiger partial charge in [0.15, 0.2) is 5.96 Å². The van der Waals surface area contributed by atoms with Gasteiger partial charge in [-0.3, -0.25) is 4.99 Å². The first kappa shape index (κ1) is 10.7. The maximum Gasteiger partial charge on any atom is 0.387 e. The van der Waals surface area contributed by atoms with Crippen molar-refractivity contribution < 1.29 is 13.5 Å². The molecule has 16 heavy (non-hydrogen) atoms. The van der Waals surface area contributed by atoms with Gasteiger partial charge in [0.05, 0.1) is 6.54 Å². The van der Waals surface area contributed by atoms with Gasteiger partial charge in [0.25, 0.3) is 0 Å². The van der Waals surface area contributed by atoms with Gasteiger partial charge in [-0.05, 0) is 24.3 Å². The highest BCUT2D eigenvalue weighted by Crippen LogP contribution is 2.17. The molecule has 0 saturated heterocycles. The van der Waals surface area contributed by atoms with Crippen LogP contribution in [0.5, 0.6) is 5.75 Å². The number of hydrogen-bond donors (Lipinski definition) is 2. The molecule has 2 N–H and O–H groups in total. The van der Waals surface area contributed by atoms with Crippen LogP contribution in [0.2, 0.25) is 0 Å². The van der Waals surface area contributed by atoms with E-state index in [1.807, 2.05) is 0 Å². The smallest absolute Gasteiger partial charge is 0.387 e. The molecule has 1 aliphatic heterocycles. The summed E-state index contributed by atoms with van der Waals surface area (Å²) in [5.41, 5.74) is 0.773. The first-order chi connectivity index (χ1) is 7.74. The SMILES string of the molecule is FC(F)Oc1ccc(NC2=NCCN2)cc1. The summed E-state index contributed by atoms with van der Waals surface area (Å²) >= 11 is 0. The van der Waals surface area contributed by atoms with E-state index >= 15 is 0 Å². The van der Waals surface area contributed by atoms with Crippen LogP contribution in [0.25, 0.3) is 0 Å². The molecular weight excluding hydrogens is 216 g/mol. The van der Waals surface area contributed by atoms with Crippen LogP contribution in [0, 0.1) is 0 Å². The molecule has 0 bridgehead atoms. The third-order valence-corrected chi connectivity index (χ3v) is 2.02. The quantitative estimate of drug-likeness (QED) is 0.825. The van der Waals surface area contributed by atoms with E-state index in [4.69, 9.17) is 0 Å². The Bertz CT molecular complexity index is 378. The molecule has 0 amide bonds. The minimum Gasteiger partial charge on any atom is -0.435 e. The third kappa shape index (κ3) is 2.82. The van der Waals surface area contributed by atoms with Crippen molar-refractivity contribution in [3.05, 3.63) is 24.3 Å². The monoisotopic (exact) mass is 227 g/mol. The molecule has 1 heterocycles. The Hall–Kier alpha value is -1.85. The molecule has 86 valence electrons. The van der Waals surface area contributed by atoms with Crippen molar-refractivity contribution in [3.63, 3.8) is 0 Å². The van der Waals surface area contributed by atoms with Crippen molar-refractivity contribution in [3.8, 4) is 5.75 Å². The Kier molecular flexibility index (Phi) is 3.19.